The van der Waals surface area contributed by atoms with Crippen LogP contribution in [0.3, 0.4) is 0 Å². The quantitative estimate of drug-likeness (QED) is 0.149. The number of esters is 1. The topological polar surface area (TPSA) is 246 Å². The fraction of sp³-hybridized carbons (Fsp3) is 0.148. The Bertz CT molecular complexity index is 1670. The summed E-state index contributed by atoms with van der Waals surface area (Å²) in [4.78, 5) is 50.6. The van der Waals surface area contributed by atoms with E-state index in [0.29, 0.717) is 11.4 Å². The van der Waals surface area contributed by atoms with Gasteiger partial charge in [0.2, 0.25) is 5.95 Å². The van der Waals surface area contributed by atoms with Crippen molar-refractivity contribution < 1.29 is 39.2 Å². The maximum absolute atomic E-state index is 12.1. The van der Waals surface area contributed by atoms with E-state index >= 15 is 0 Å². The summed E-state index contributed by atoms with van der Waals surface area (Å²) >= 11 is 0. The first-order valence-corrected chi connectivity index (χ1v) is 11.9. The summed E-state index contributed by atoms with van der Waals surface area (Å²) in [6, 6.07) is 13.1. The molecule has 0 saturated carbocycles. The van der Waals surface area contributed by atoms with Crippen LogP contribution < -0.4 is 11.1 Å². The second kappa shape index (κ2) is 15.0. The number of methoxy groups -OCH3 is 1. The number of nitrogens with zero attached hydrogens (tertiary/aromatic N) is 3. The molecular formula is C27H29N7O8. The van der Waals surface area contributed by atoms with Crippen molar-refractivity contribution in [1.29, 1.82) is 0 Å². The third-order valence-corrected chi connectivity index (χ3v) is 4.86. The number of anilines is 3. The molecule has 3 aromatic heterocycles. The molecule has 15 nitrogen and oxygen atoms in total. The van der Waals surface area contributed by atoms with Gasteiger partial charge in [-0.05, 0) is 36.4 Å². The average Bonchev–Trinajstić information content (AvgIpc) is 3.54. The third kappa shape index (κ3) is 9.64. The van der Waals surface area contributed by atoms with E-state index in [1.54, 1.807) is 24.5 Å². The highest BCUT2D eigenvalue weighted by Crippen LogP contribution is 2.34. The minimum absolute atomic E-state index is 0.190. The summed E-state index contributed by atoms with van der Waals surface area (Å²) < 4.78 is 4.91. The van der Waals surface area contributed by atoms with E-state index in [9.17, 15) is 4.79 Å². The molecule has 0 spiro atoms. The van der Waals surface area contributed by atoms with Crippen LogP contribution in [0.5, 0.6) is 0 Å². The lowest BCUT2D eigenvalue weighted by molar-refractivity contribution is -0.135. The van der Waals surface area contributed by atoms with Gasteiger partial charge >= 0.3 is 5.97 Å². The number of benzene rings is 2. The summed E-state index contributed by atoms with van der Waals surface area (Å²) in [7, 11) is 1.37. The number of carboxylic acid groups (broad SMARTS) is 3. The molecule has 0 aliphatic carbocycles. The smallest absolute Gasteiger partial charge is 0.338 e. The van der Waals surface area contributed by atoms with Gasteiger partial charge in [0.15, 0.2) is 0 Å². The van der Waals surface area contributed by atoms with E-state index in [1.165, 1.54) is 7.11 Å². The Morgan fingerprint density at radius 2 is 1.60 bits per heavy atom. The number of hydrogen-bond acceptors (Lipinski definition) is 10. The van der Waals surface area contributed by atoms with Crippen molar-refractivity contribution >= 4 is 63.1 Å². The number of hydrogen-bond donors (Lipinski definition) is 7. The number of aromatic amines is 2. The van der Waals surface area contributed by atoms with Gasteiger partial charge in [-0.15, -0.1) is 0 Å². The van der Waals surface area contributed by atoms with Crippen LogP contribution in [0.25, 0.3) is 33.1 Å². The monoisotopic (exact) mass is 579 g/mol. The van der Waals surface area contributed by atoms with Gasteiger partial charge < -0.3 is 36.1 Å². The van der Waals surface area contributed by atoms with E-state index in [2.05, 4.69) is 30.5 Å². The summed E-state index contributed by atoms with van der Waals surface area (Å²) in [6.45, 7) is 3.25. The molecule has 0 radical (unpaired) electrons. The molecule has 8 N–H and O–H groups in total. The normalized spacial score (nSPS) is 9.71. The first kappa shape index (κ1) is 32.2. The highest BCUT2D eigenvalue weighted by molar-refractivity contribution is 6.06. The van der Waals surface area contributed by atoms with Gasteiger partial charge in [-0.25, -0.2) is 9.78 Å². The molecule has 220 valence electrons. The molecule has 0 saturated heterocycles. The van der Waals surface area contributed by atoms with Crippen LogP contribution in [-0.2, 0) is 19.1 Å². The molecule has 0 fully saturated rings. The van der Waals surface area contributed by atoms with Crippen molar-refractivity contribution in [2.45, 2.75) is 20.8 Å². The molecule has 5 rings (SSSR count). The zero-order valence-corrected chi connectivity index (χ0v) is 23.0. The van der Waals surface area contributed by atoms with Crippen molar-refractivity contribution in [2.75, 3.05) is 18.2 Å². The predicted molar refractivity (Wildman–Crippen MR) is 154 cm³/mol. The number of carboxylic acids is 3. The van der Waals surface area contributed by atoms with E-state index < -0.39 is 17.9 Å². The standard InChI is InChI=1S/C21H17N7O2.3C2H4O2/c1-30-20(29)13-3-2-4-16-14(13)9-17(26-16)15-8-12(7-11-10-24-28-19(11)15)25-18-5-6-23-21(22)27-18;3*1-2(3)4/h2-10,26H,1H3,(H,24,28)(H3,22,23,25,27);3*1H3,(H,3,4). The van der Waals surface area contributed by atoms with Gasteiger partial charge in [0.1, 0.15) is 5.82 Å². The number of carbonyl (C=O) groups is 4. The van der Waals surface area contributed by atoms with Crippen molar-refractivity contribution in [3.8, 4) is 11.3 Å². The van der Waals surface area contributed by atoms with Gasteiger partial charge in [0.05, 0.1) is 24.4 Å². The molecular weight excluding hydrogens is 550 g/mol. The van der Waals surface area contributed by atoms with E-state index in [0.717, 1.165) is 59.5 Å². The summed E-state index contributed by atoms with van der Waals surface area (Å²) in [5.41, 5.74) is 10.4. The molecule has 0 unspecified atom stereocenters. The van der Waals surface area contributed by atoms with Crippen LogP contribution in [0, 0.1) is 0 Å². The Labute approximate surface area is 238 Å². The Hall–Kier alpha value is -5.99. The minimum atomic E-state index is -0.833. The van der Waals surface area contributed by atoms with Gasteiger partial charge in [-0.3, -0.25) is 19.5 Å². The Balaban J connectivity index is 0.000000440. The molecule has 3 heterocycles. The predicted octanol–water partition coefficient (Wildman–Crippen LogP) is 3.89. The number of nitrogen functional groups attached to an aromatic ring is 1. The Morgan fingerprint density at radius 3 is 2.19 bits per heavy atom. The molecule has 0 aliphatic heterocycles. The zero-order valence-electron chi connectivity index (χ0n) is 23.0. The SMILES string of the molecule is CC(=O)O.CC(=O)O.CC(=O)O.COC(=O)c1cccc2[nH]c(-c3cc(Nc4ccnc(N)n4)cc4cn[nH]c34)cc12. The molecule has 5 aromatic rings. The average molecular weight is 580 g/mol. The lowest BCUT2D eigenvalue weighted by Gasteiger charge is -2.09. The van der Waals surface area contributed by atoms with Crippen molar-refractivity contribution in [1.82, 2.24) is 25.1 Å². The van der Waals surface area contributed by atoms with Crippen molar-refractivity contribution in [3.63, 3.8) is 0 Å². The van der Waals surface area contributed by atoms with E-state index in [-0.39, 0.29) is 11.9 Å². The summed E-state index contributed by atoms with van der Waals surface area (Å²) in [6.07, 6.45) is 3.34. The lowest BCUT2D eigenvalue weighted by atomic mass is 10.1. The van der Waals surface area contributed by atoms with Gasteiger partial charge in [-0.2, -0.15) is 10.1 Å². The number of rotatable bonds is 4. The first-order chi connectivity index (χ1) is 19.8. The van der Waals surface area contributed by atoms with E-state index in [1.807, 2.05) is 30.3 Å². The third-order valence-electron chi connectivity index (χ3n) is 4.86. The lowest BCUT2D eigenvalue weighted by Crippen LogP contribution is -2.00. The molecule has 2 aromatic carbocycles. The minimum Gasteiger partial charge on any atom is -0.481 e. The van der Waals surface area contributed by atoms with Crippen LogP contribution in [-0.4, -0.2) is 71.5 Å². The molecule has 0 aliphatic rings. The Morgan fingerprint density at radius 1 is 0.952 bits per heavy atom. The highest BCUT2D eigenvalue weighted by atomic mass is 16.5. The van der Waals surface area contributed by atoms with Gasteiger partial charge in [-0.1, -0.05) is 6.07 Å². The number of carbonyl (C=O) groups excluding carboxylic acids is 1. The van der Waals surface area contributed by atoms with Crippen LogP contribution in [0.1, 0.15) is 31.1 Å². The maximum Gasteiger partial charge on any atom is 0.338 e. The van der Waals surface area contributed by atoms with Gasteiger partial charge in [0.25, 0.3) is 17.9 Å². The largest absolute Gasteiger partial charge is 0.481 e. The van der Waals surface area contributed by atoms with Crippen molar-refractivity contribution in [3.05, 3.63) is 60.4 Å². The summed E-state index contributed by atoms with van der Waals surface area (Å²) in [5.74, 6) is -2.11. The van der Waals surface area contributed by atoms with Crippen LogP contribution in [0.2, 0.25) is 0 Å². The van der Waals surface area contributed by atoms with Gasteiger partial charge in [0, 0.05) is 60.2 Å². The second-order valence-electron chi connectivity index (χ2n) is 8.28. The van der Waals surface area contributed by atoms with Crippen LogP contribution in [0.4, 0.5) is 17.5 Å². The number of aliphatic carboxylic acids is 3. The molecule has 15 heteroatoms. The first-order valence-electron chi connectivity index (χ1n) is 11.9. The number of fused-ring (bicyclic) bond motifs is 2. The number of H-pyrrole nitrogens is 2. The van der Waals surface area contributed by atoms with Crippen molar-refractivity contribution in [2.24, 2.45) is 0 Å². The highest BCUT2D eigenvalue weighted by Gasteiger charge is 2.16. The molecule has 0 bridgehead atoms. The van der Waals surface area contributed by atoms with Crippen LogP contribution >= 0.6 is 0 Å². The number of nitrogens with two attached hydrogens (primary N) is 1. The van der Waals surface area contributed by atoms with E-state index in [4.69, 9.17) is 40.2 Å². The molecule has 0 atom stereocenters. The maximum atomic E-state index is 12.1. The Kier molecular flexibility index (Phi) is 11.5. The summed E-state index contributed by atoms with van der Waals surface area (Å²) in [5, 5.41) is 34.4. The molecule has 42 heavy (non-hydrogen) atoms. The molecule has 0 amide bonds. The fourth-order valence-corrected chi connectivity index (χ4v) is 3.52. The fourth-order valence-electron chi connectivity index (χ4n) is 3.52. The number of aromatic nitrogens is 5. The zero-order chi connectivity index (χ0) is 31.4. The number of nitrogens with one attached hydrogen (secondary N) is 3. The second-order valence-corrected chi connectivity index (χ2v) is 8.28. The van der Waals surface area contributed by atoms with Crippen LogP contribution in [0.15, 0.2) is 54.9 Å². The number of ether oxygens (including phenoxy) is 1.